The maximum Gasteiger partial charge on any atom is 0.0540 e. The number of fused-ring (bicyclic) bond motifs is 10. The van der Waals surface area contributed by atoms with Gasteiger partial charge in [-0.3, -0.25) is 0 Å². The number of rotatable bonds is 13. The van der Waals surface area contributed by atoms with Crippen molar-refractivity contribution in [1.29, 1.82) is 0 Å². The van der Waals surface area contributed by atoms with E-state index in [1.807, 2.05) is 0 Å². The zero-order valence-electron chi connectivity index (χ0n) is 60.8. The van der Waals surface area contributed by atoms with Gasteiger partial charge in [0.05, 0.1) is 17.1 Å². The van der Waals surface area contributed by atoms with Gasteiger partial charge in [-0.25, -0.2) is 0 Å². The molecule has 0 N–H and O–H groups in total. The third-order valence-electron chi connectivity index (χ3n) is 23.5. The maximum absolute atomic E-state index is 2.53. The predicted octanol–water partition coefficient (Wildman–Crippen LogP) is 29.5. The van der Waals surface area contributed by atoms with Gasteiger partial charge in [-0.15, -0.1) is 0 Å². The molecule has 510 valence electrons. The monoisotopic (exact) mass is 1380 g/mol. The molecule has 0 bridgehead atoms. The van der Waals surface area contributed by atoms with E-state index in [1.165, 1.54) is 132 Å². The lowest BCUT2D eigenvalue weighted by molar-refractivity contribution is 0.660. The zero-order valence-corrected chi connectivity index (χ0v) is 60.8. The van der Waals surface area contributed by atoms with Crippen molar-refractivity contribution in [2.24, 2.45) is 0 Å². The van der Waals surface area contributed by atoms with Gasteiger partial charge in [0.15, 0.2) is 0 Å². The highest BCUT2D eigenvalue weighted by Crippen LogP contribution is 2.57. The molecule has 0 aromatic heterocycles. The molecule has 0 saturated heterocycles. The fraction of sp³-hybridized carbons (Fsp3) is 0.0566. The number of para-hydroxylation sites is 2. The van der Waals surface area contributed by atoms with Crippen LogP contribution in [0.1, 0.15) is 49.9 Å². The van der Waals surface area contributed by atoms with Gasteiger partial charge in [0.25, 0.3) is 0 Å². The Hall–Kier alpha value is -13.4. The van der Waals surface area contributed by atoms with Crippen molar-refractivity contribution in [1.82, 2.24) is 0 Å². The van der Waals surface area contributed by atoms with Crippen LogP contribution in [-0.4, -0.2) is 0 Å². The fourth-order valence-electron chi connectivity index (χ4n) is 18.3. The van der Waals surface area contributed by atoms with E-state index in [4.69, 9.17) is 0 Å². The van der Waals surface area contributed by atoms with Crippen LogP contribution in [-0.2, 0) is 10.8 Å². The van der Waals surface area contributed by atoms with Crippen LogP contribution < -0.4 is 9.80 Å². The minimum atomic E-state index is -0.169. The van der Waals surface area contributed by atoms with Gasteiger partial charge in [-0.2, -0.15) is 0 Å². The molecule has 0 atom stereocenters. The highest BCUT2D eigenvalue weighted by molar-refractivity contribution is 6.13. The third-order valence-corrected chi connectivity index (χ3v) is 23.5. The minimum Gasteiger partial charge on any atom is -0.310 e. The van der Waals surface area contributed by atoms with Gasteiger partial charge in [-0.05, 0) is 216 Å². The first-order valence-corrected chi connectivity index (χ1v) is 37.8. The second-order valence-electron chi connectivity index (χ2n) is 30.2. The molecule has 18 aromatic carbocycles. The Labute approximate surface area is 632 Å². The Morgan fingerprint density at radius 3 is 1.14 bits per heavy atom. The van der Waals surface area contributed by atoms with Gasteiger partial charge in [-0.1, -0.05) is 349 Å². The molecule has 2 aliphatic rings. The van der Waals surface area contributed by atoms with Crippen LogP contribution in [0.4, 0.5) is 34.1 Å². The fourth-order valence-corrected chi connectivity index (χ4v) is 18.3. The molecule has 18 aromatic rings. The molecule has 0 saturated carbocycles. The molecule has 0 unspecified atom stereocenters. The average molecular weight is 1380 g/mol. The number of nitrogens with zero attached hydrogens (tertiary/aromatic N) is 2. The average Bonchev–Trinajstić information content (AvgIpc) is 1.54. The van der Waals surface area contributed by atoms with Gasteiger partial charge >= 0.3 is 0 Å². The summed E-state index contributed by atoms with van der Waals surface area (Å²) in [5.41, 5.74) is 33.4. The largest absolute Gasteiger partial charge is 0.310 e. The Balaban J connectivity index is 0.759. The Morgan fingerprint density at radius 2 is 0.556 bits per heavy atom. The quantitative estimate of drug-likeness (QED) is 0.114. The summed E-state index contributed by atoms with van der Waals surface area (Å²) in [6, 6.07) is 145. The lowest BCUT2D eigenvalue weighted by atomic mass is 9.82. The summed E-state index contributed by atoms with van der Waals surface area (Å²) in [5, 5.41) is 9.55. The molecular formula is C106H76N2. The summed E-state index contributed by atoms with van der Waals surface area (Å²) in [4.78, 5) is 5.00. The molecule has 108 heavy (non-hydrogen) atoms. The summed E-state index contributed by atoms with van der Waals surface area (Å²) >= 11 is 0. The normalized spacial score (nSPS) is 13.0. The van der Waals surface area contributed by atoms with E-state index in [1.54, 1.807) is 0 Å². The van der Waals surface area contributed by atoms with E-state index in [-0.39, 0.29) is 10.8 Å². The number of hydrogen-bond donors (Lipinski definition) is 0. The highest BCUT2D eigenvalue weighted by atomic mass is 15.2. The van der Waals surface area contributed by atoms with Crippen LogP contribution in [0.3, 0.4) is 0 Å². The van der Waals surface area contributed by atoms with Crippen LogP contribution in [0, 0.1) is 0 Å². The molecule has 20 rings (SSSR count). The number of anilines is 6. The van der Waals surface area contributed by atoms with Crippen LogP contribution in [0.15, 0.2) is 388 Å². The molecule has 2 nitrogen and oxygen atoms in total. The van der Waals surface area contributed by atoms with E-state index in [0.717, 1.165) is 67.2 Å². The summed E-state index contributed by atoms with van der Waals surface area (Å²) in [5.74, 6) is 0. The van der Waals surface area contributed by atoms with Gasteiger partial charge in [0.2, 0.25) is 0 Å². The second-order valence-corrected chi connectivity index (χ2v) is 30.2. The zero-order chi connectivity index (χ0) is 72.2. The predicted molar refractivity (Wildman–Crippen MR) is 459 cm³/mol. The second kappa shape index (κ2) is 25.7. The van der Waals surface area contributed by atoms with E-state index in [2.05, 4.69) is 426 Å². The topological polar surface area (TPSA) is 6.48 Å². The first-order chi connectivity index (χ1) is 53.1. The van der Waals surface area contributed by atoms with Crippen molar-refractivity contribution in [2.75, 3.05) is 9.80 Å². The lowest BCUT2D eigenvalue weighted by Gasteiger charge is -2.30. The van der Waals surface area contributed by atoms with Gasteiger partial charge in [0.1, 0.15) is 0 Å². The highest BCUT2D eigenvalue weighted by Gasteiger charge is 2.39. The molecule has 0 aliphatic heterocycles. The van der Waals surface area contributed by atoms with Gasteiger partial charge in [0, 0.05) is 44.4 Å². The van der Waals surface area contributed by atoms with Crippen LogP contribution in [0.2, 0.25) is 0 Å². The van der Waals surface area contributed by atoms with Crippen LogP contribution in [0.25, 0.3) is 143 Å². The number of hydrogen-bond acceptors (Lipinski definition) is 2. The molecule has 0 radical (unpaired) electrons. The van der Waals surface area contributed by atoms with E-state index < -0.39 is 0 Å². The molecule has 0 fully saturated rings. The SMILES string of the molecule is CC1(C)c2ccccc2-c2c(-c3ccccc3N(c3ccc(-c4cc(-c5cccc6c(N(c7ccc(-c8cccc9cccc(-c%10ccccc%10)c89)cc7)c7ccccc7-c7cccc8c7-c7ccccc7C8(C)C)cccc56)cc5cccc(-c6ccccc6)c45)cc3)c3ccc4ccccc4c3)cccc21. The number of benzene rings is 18. The van der Waals surface area contributed by atoms with Crippen molar-refractivity contribution in [3.8, 4) is 100 Å². The molecule has 0 heterocycles. The standard InChI is InChI=1S/C106H76N2/c1-105(2)94-49-17-13-39-91(94)103-89(47-25-51-96(103)105)87-37-15-19-53-98(87)107(80-65-56-69-28-11-12-33-75(69)67-80)78-61-59-73(60-62-78)93-68-77(66-76-36-23-44-83(102(76)93)71-31-9-6-10-32-71)81-41-24-46-86-85(81)45-27-55-100(86)108(99-54-20-16-38-88(99)90-48-26-52-97-104(90)92-40-14-18-50-95(92)106(97,3)4)79-63-57-72(58-64-79)84-43-22-35-74-34-21-42-82(101(74)84)70-29-7-5-8-30-70/h5-68H,1-4H3. The lowest BCUT2D eigenvalue weighted by Crippen LogP contribution is -2.15. The first kappa shape index (κ1) is 64.2. The van der Waals surface area contributed by atoms with Crippen molar-refractivity contribution < 1.29 is 0 Å². The third kappa shape index (κ3) is 10.5. The summed E-state index contributed by atoms with van der Waals surface area (Å²) in [6.07, 6.45) is 0. The summed E-state index contributed by atoms with van der Waals surface area (Å²) in [6.45, 7) is 9.50. The van der Waals surface area contributed by atoms with E-state index >= 15 is 0 Å². The molecular weight excluding hydrogens is 1300 g/mol. The summed E-state index contributed by atoms with van der Waals surface area (Å²) < 4.78 is 0. The molecule has 0 amide bonds. The Kier molecular flexibility index (Phi) is 15.3. The Morgan fingerprint density at radius 1 is 0.185 bits per heavy atom. The van der Waals surface area contributed by atoms with Crippen molar-refractivity contribution in [3.05, 3.63) is 411 Å². The smallest absolute Gasteiger partial charge is 0.0540 e. The van der Waals surface area contributed by atoms with E-state index in [0.29, 0.717) is 0 Å². The van der Waals surface area contributed by atoms with Crippen LogP contribution in [0.5, 0.6) is 0 Å². The van der Waals surface area contributed by atoms with Crippen molar-refractivity contribution in [2.45, 2.75) is 38.5 Å². The minimum absolute atomic E-state index is 0.143. The van der Waals surface area contributed by atoms with Crippen LogP contribution >= 0.6 is 0 Å². The first-order valence-electron chi connectivity index (χ1n) is 37.8. The maximum atomic E-state index is 2.53. The van der Waals surface area contributed by atoms with Crippen molar-refractivity contribution in [3.63, 3.8) is 0 Å². The summed E-state index contributed by atoms with van der Waals surface area (Å²) in [7, 11) is 0. The van der Waals surface area contributed by atoms with Crippen molar-refractivity contribution >= 4 is 77.2 Å². The molecule has 2 heteroatoms. The van der Waals surface area contributed by atoms with E-state index in [9.17, 15) is 0 Å². The molecule has 2 aliphatic carbocycles. The molecule has 0 spiro atoms. The van der Waals surface area contributed by atoms with Gasteiger partial charge < -0.3 is 9.80 Å². The Bertz CT molecular complexity index is 6590.